The van der Waals surface area contributed by atoms with E-state index in [1.165, 1.54) is 6.20 Å². The van der Waals surface area contributed by atoms with Crippen molar-refractivity contribution in [2.24, 2.45) is 7.05 Å². The summed E-state index contributed by atoms with van der Waals surface area (Å²) >= 11 is 0. The Morgan fingerprint density at radius 1 is 1.35 bits per heavy atom. The summed E-state index contributed by atoms with van der Waals surface area (Å²) in [5, 5.41) is 7.90. The minimum absolute atomic E-state index is 0.0662. The molecule has 0 spiro atoms. The predicted octanol–water partition coefficient (Wildman–Crippen LogP) is 1.42. The van der Waals surface area contributed by atoms with Gasteiger partial charge >= 0.3 is 0 Å². The number of aromatic nitrogens is 5. The lowest BCUT2D eigenvalue weighted by Gasteiger charge is -2.09. The molecular formula is C11H16ClN5O2S. The average molecular weight is 318 g/mol. The lowest BCUT2D eigenvalue weighted by atomic mass is 10.2. The first-order chi connectivity index (χ1) is 9.20. The molecular weight excluding hydrogens is 302 g/mol. The van der Waals surface area contributed by atoms with Crippen molar-refractivity contribution in [2.75, 3.05) is 0 Å². The van der Waals surface area contributed by atoms with Gasteiger partial charge in [0.05, 0.1) is 6.54 Å². The smallest absolute Gasteiger partial charge is 0.280 e. The number of halogens is 1. The van der Waals surface area contributed by atoms with Crippen molar-refractivity contribution in [1.82, 2.24) is 24.3 Å². The number of hydrogen-bond donors (Lipinski definition) is 0. The molecule has 0 aliphatic rings. The van der Waals surface area contributed by atoms with E-state index in [4.69, 9.17) is 10.7 Å². The molecule has 0 radical (unpaired) electrons. The molecule has 0 N–H and O–H groups in total. The highest BCUT2D eigenvalue weighted by molar-refractivity contribution is 8.13. The highest BCUT2D eigenvalue weighted by atomic mass is 35.7. The van der Waals surface area contributed by atoms with Crippen LogP contribution in [0.1, 0.15) is 37.2 Å². The van der Waals surface area contributed by atoms with Crippen molar-refractivity contribution < 1.29 is 8.42 Å². The topological polar surface area (TPSA) is 82.7 Å². The van der Waals surface area contributed by atoms with Gasteiger partial charge in [-0.25, -0.2) is 13.4 Å². The fourth-order valence-electron chi connectivity index (χ4n) is 1.85. The summed E-state index contributed by atoms with van der Waals surface area (Å²) in [6, 6.07) is 0. The highest BCUT2D eigenvalue weighted by Crippen LogP contribution is 2.20. The third-order valence-corrected chi connectivity index (χ3v) is 4.22. The van der Waals surface area contributed by atoms with E-state index in [1.807, 2.05) is 32.4 Å². The zero-order chi connectivity index (χ0) is 15.1. The van der Waals surface area contributed by atoms with Crippen molar-refractivity contribution in [2.45, 2.75) is 38.3 Å². The Labute approximate surface area is 122 Å². The first-order valence-electron chi connectivity index (χ1n) is 6.06. The third-order valence-electron chi connectivity index (χ3n) is 3.05. The maximum Gasteiger partial charge on any atom is 0.280 e. The molecule has 2 aromatic rings. The van der Waals surface area contributed by atoms with Gasteiger partial charge in [-0.15, -0.1) is 10.2 Å². The van der Waals surface area contributed by atoms with Gasteiger partial charge in [-0.3, -0.25) is 0 Å². The second-order valence-corrected chi connectivity index (χ2v) is 7.39. The van der Waals surface area contributed by atoms with Gasteiger partial charge in [0.25, 0.3) is 9.05 Å². The minimum Gasteiger partial charge on any atom is -0.326 e. The Balaban J connectivity index is 2.45. The Hall–Kier alpha value is -1.41. The van der Waals surface area contributed by atoms with Crippen LogP contribution in [0, 0.1) is 6.92 Å². The van der Waals surface area contributed by atoms with Gasteiger partial charge in [-0.2, -0.15) is 0 Å². The number of aryl methyl sites for hydroxylation is 1. The highest BCUT2D eigenvalue weighted by Gasteiger charge is 2.20. The zero-order valence-electron chi connectivity index (χ0n) is 11.7. The molecule has 0 saturated carbocycles. The molecule has 0 amide bonds. The van der Waals surface area contributed by atoms with Crippen LogP contribution in [0.15, 0.2) is 11.2 Å². The second kappa shape index (κ2) is 5.17. The quantitative estimate of drug-likeness (QED) is 0.796. The largest absolute Gasteiger partial charge is 0.326 e. The maximum atomic E-state index is 11.4. The number of imidazole rings is 1. The van der Waals surface area contributed by atoms with E-state index in [0.717, 1.165) is 11.6 Å². The summed E-state index contributed by atoms with van der Waals surface area (Å²) < 4.78 is 26.4. The molecule has 0 aromatic carbocycles. The Bertz CT molecular complexity index is 732. The van der Waals surface area contributed by atoms with Gasteiger partial charge in [-0.05, 0) is 6.92 Å². The number of nitrogens with zero attached hydrogens (tertiary/aromatic N) is 5. The van der Waals surface area contributed by atoms with Crippen molar-refractivity contribution in [3.05, 3.63) is 23.7 Å². The van der Waals surface area contributed by atoms with Crippen LogP contribution in [0.25, 0.3) is 0 Å². The van der Waals surface area contributed by atoms with E-state index in [9.17, 15) is 8.42 Å². The third kappa shape index (κ3) is 2.85. The number of rotatable bonds is 4. The fourth-order valence-corrected chi connectivity index (χ4v) is 2.53. The van der Waals surface area contributed by atoms with E-state index < -0.39 is 9.05 Å². The van der Waals surface area contributed by atoms with Gasteiger partial charge in [-0.1, -0.05) is 13.8 Å². The zero-order valence-corrected chi connectivity index (χ0v) is 13.3. The molecule has 2 heterocycles. The summed E-state index contributed by atoms with van der Waals surface area (Å²) in [6.45, 7) is 6.11. The molecule has 0 fully saturated rings. The molecule has 2 rings (SSSR count). The molecule has 0 aliphatic carbocycles. The molecule has 0 aliphatic heterocycles. The lowest BCUT2D eigenvalue weighted by Crippen LogP contribution is -2.10. The van der Waals surface area contributed by atoms with E-state index >= 15 is 0 Å². The van der Waals surface area contributed by atoms with Crippen molar-refractivity contribution >= 4 is 19.7 Å². The molecule has 0 bridgehead atoms. The van der Waals surface area contributed by atoms with Crippen LogP contribution in [-0.2, 0) is 22.6 Å². The standard InChI is InChI=1S/C11H16ClN5O2S/c1-7(2)11-13-10(20(12,18)19)6-17(11)5-9-15-14-8(3)16(9)4/h6-7H,5H2,1-4H3. The van der Waals surface area contributed by atoms with Gasteiger partial charge < -0.3 is 9.13 Å². The van der Waals surface area contributed by atoms with Crippen LogP contribution in [0.5, 0.6) is 0 Å². The molecule has 0 unspecified atom stereocenters. The normalized spacial score (nSPS) is 12.3. The van der Waals surface area contributed by atoms with E-state index in [-0.39, 0.29) is 10.9 Å². The summed E-state index contributed by atoms with van der Waals surface area (Å²) in [6.07, 6.45) is 1.43. The maximum absolute atomic E-state index is 11.4. The van der Waals surface area contributed by atoms with E-state index in [2.05, 4.69) is 15.2 Å². The molecule has 0 atom stereocenters. The van der Waals surface area contributed by atoms with Crippen LogP contribution >= 0.6 is 10.7 Å². The molecule has 2 aromatic heterocycles. The molecule has 110 valence electrons. The summed E-state index contributed by atoms with van der Waals surface area (Å²) in [4.78, 5) is 4.10. The second-order valence-electron chi connectivity index (χ2n) is 4.88. The van der Waals surface area contributed by atoms with Crippen LogP contribution in [0.3, 0.4) is 0 Å². The number of hydrogen-bond acceptors (Lipinski definition) is 5. The molecule has 20 heavy (non-hydrogen) atoms. The predicted molar refractivity (Wildman–Crippen MR) is 74.2 cm³/mol. The Kier molecular flexibility index (Phi) is 3.88. The van der Waals surface area contributed by atoms with E-state index in [1.54, 1.807) is 4.57 Å². The Morgan fingerprint density at radius 2 is 2.00 bits per heavy atom. The van der Waals surface area contributed by atoms with Crippen LogP contribution < -0.4 is 0 Å². The summed E-state index contributed by atoms with van der Waals surface area (Å²) in [5.41, 5.74) is 0. The van der Waals surface area contributed by atoms with Gasteiger partial charge in [0, 0.05) is 29.8 Å². The molecule has 9 heteroatoms. The summed E-state index contributed by atoms with van der Waals surface area (Å²) in [7, 11) is 3.37. The van der Waals surface area contributed by atoms with Gasteiger partial charge in [0.15, 0.2) is 10.9 Å². The van der Waals surface area contributed by atoms with Crippen LogP contribution in [0.4, 0.5) is 0 Å². The lowest BCUT2D eigenvalue weighted by molar-refractivity contribution is 0.606. The monoisotopic (exact) mass is 317 g/mol. The Morgan fingerprint density at radius 3 is 2.45 bits per heavy atom. The van der Waals surface area contributed by atoms with Gasteiger partial charge in [0.2, 0.25) is 0 Å². The van der Waals surface area contributed by atoms with Crippen molar-refractivity contribution in [3.63, 3.8) is 0 Å². The van der Waals surface area contributed by atoms with Crippen molar-refractivity contribution in [3.8, 4) is 0 Å². The van der Waals surface area contributed by atoms with Crippen LogP contribution in [0.2, 0.25) is 0 Å². The van der Waals surface area contributed by atoms with Crippen molar-refractivity contribution in [1.29, 1.82) is 0 Å². The minimum atomic E-state index is -3.84. The fraction of sp³-hybridized carbons (Fsp3) is 0.545. The summed E-state index contributed by atoms with van der Waals surface area (Å²) in [5.74, 6) is 2.22. The van der Waals surface area contributed by atoms with Crippen LogP contribution in [-0.4, -0.2) is 32.7 Å². The molecule has 7 nitrogen and oxygen atoms in total. The SMILES string of the molecule is Cc1nnc(Cn2cc(S(=O)(=O)Cl)nc2C(C)C)n1C. The average Bonchev–Trinajstić information content (AvgIpc) is 2.88. The van der Waals surface area contributed by atoms with E-state index in [0.29, 0.717) is 12.4 Å². The first-order valence-corrected chi connectivity index (χ1v) is 8.37. The first kappa shape index (κ1) is 15.0. The van der Waals surface area contributed by atoms with Gasteiger partial charge in [0.1, 0.15) is 11.6 Å². The molecule has 0 saturated heterocycles.